The van der Waals surface area contributed by atoms with Crippen LogP contribution < -0.4 is 9.47 Å². The maximum Gasteiger partial charge on any atom is 0.337 e. The van der Waals surface area contributed by atoms with Crippen LogP contribution in [0.5, 0.6) is 11.5 Å². The fourth-order valence-corrected chi connectivity index (χ4v) is 5.68. The number of ether oxygens (including phenoxy) is 3. The normalized spacial score (nSPS) is 17.2. The van der Waals surface area contributed by atoms with Gasteiger partial charge in [-0.15, -0.1) is 0 Å². The van der Waals surface area contributed by atoms with E-state index in [1.165, 1.54) is 36.7 Å². The molecule has 0 aliphatic carbocycles. The molecule has 1 unspecified atom stereocenters. The zero-order valence-electron chi connectivity index (χ0n) is 16.3. The largest absolute Gasteiger partial charge is 0.497 e. The van der Waals surface area contributed by atoms with Crippen LogP contribution in [-0.4, -0.2) is 46.6 Å². The molecule has 1 fully saturated rings. The molecule has 7 nitrogen and oxygen atoms in total. The molecule has 0 spiro atoms. The lowest BCUT2D eigenvalue weighted by molar-refractivity contribution is 0.0600. The molecule has 0 N–H and O–H groups in total. The first-order valence-corrected chi connectivity index (χ1v) is 10.8. The van der Waals surface area contributed by atoms with Crippen LogP contribution in [0.3, 0.4) is 0 Å². The first kappa shape index (κ1) is 21.4. The topological polar surface area (TPSA) is 82.1 Å². The highest BCUT2D eigenvalue weighted by Gasteiger charge is 2.38. The molecule has 29 heavy (non-hydrogen) atoms. The van der Waals surface area contributed by atoms with Crippen molar-refractivity contribution in [3.63, 3.8) is 0 Å². The van der Waals surface area contributed by atoms with Crippen molar-refractivity contribution in [3.8, 4) is 11.5 Å². The van der Waals surface area contributed by atoms with Gasteiger partial charge < -0.3 is 14.2 Å². The third-order valence-corrected chi connectivity index (χ3v) is 7.33. The van der Waals surface area contributed by atoms with Gasteiger partial charge in [-0.2, -0.15) is 4.31 Å². The van der Waals surface area contributed by atoms with Crippen LogP contribution in [0.2, 0.25) is 5.02 Å². The molecule has 3 rings (SSSR count). The molecular formula is C20H22ClNO6S. The van der Waals surface area contributed by atoms with Crippen LogP contribution in [0.15, 0.2) is 41.3 Å². The Balaban J connectivity index is 2.05. The van der Waals surface area contributed by atoms with Gasteiger partial charge in [0.15, 0.2) is 0 Å². The van der Waals surface area contributed by atoms with Gasteiger partial charge in [-0.3, -0.25) is 0 Å². The number of methoxy groups -OCH3 is 3. The summed E-state index contributed by atoms with van der Waals surface area (Å²) in [5.74, 6) is 0.533. The second kappa shape index (κ2) is 8.61. The number of sulfonamides is 1. The number of hydrogen-bond acceptors (Lipinski definition) is 6. The monoisotopic (exact) mass is 439 g/mol. The molecule has 1 saturated heterocycles. The summed E-state index contributed by atoms with van der Waals surface area (Å²) in [6.07, 6.45) is 1.32. The SMILES string of the molecule is COC(=O)c1ccc(Cl)c(S(=O)(=O)N2CCCC2c2ccc(OC)cc2OC)c1. The lowest BCUT2D eigenvalue weighted by Crippen LogP contribution is -2.31. The molecule has 1 heterocycles. The van der Waals surface area contributed by atoms with E-state index in [2.05, 4.69) is 0 Å². The number of carbonyl (C=O) groups is 1. The molecule has 0 saturated carbocycles. The molecule has 0 radical (unpaired) electrons. The van der Waals surface area contributed by atoms with Crippen LogP contribution in [0.25, 0.3) is 0 Å². The fourth-order valence-electron chi connectivity index (χ4n) is 3.50. The third kappa shape index (κ3) is 4.05. The smallest absolute Gasteiger partial charge is 0.337 e. The molecule has 2 aromatic carbocycles. The summed E-state index contributed by atoms with van der Waals surface area (Å²) in [5, 5.41) is 0.0463. The van der Waals surface area contributed by atoms with Crippen LogP contribution in [-0.2, 0) is 14.8 Å². The van der Waals surface area contributed by atoms with E-state index in [0.717, 1.165) is 5.56 Å². The highest BCUT2D eigenvalue weighted by molar-refractivity contribution is 7.89. The molecule has 0 bridgehead atoms. The van der Waals surface area contributed by atoms with Crippen molar-refractivity contribution in [3.05, 3.63) is 52.5 Å². The zero-order chi connectivity index (χ0) is 21.2. The first-order valence-electron chi connectivity index (χ1n) is 8.95. The van der Waals surface area contributed by atoms with Crippen molar-refractivity contribution in [2.24, 2.45) is 0 Å². The average molecular weight is 440 g/mol. The number of benzene rings is 2. The van der Waals surface area contributed by atoms with E-state index in [9.17, 15) is 13.2 Å². The minimum absolute atomic E-state index is 0.0463. The molecule has 0 amide bonds. The maximum atomic E-state index is 13.4. The predicted molar refractivity (Wildman–Crippen MR) is 108 cm³/mol. The summed E-state index contributed by atoms with van der Waals surface area (Å²) >= 11 is 6.20. The Hall–Kier alpha value is -2.29. The Labute approximate surface area is 175 Å². The van der Waals surface area contributed by atoms with Crippen LogP contribution >= 0.6 is 11.6 Å². The quantitative estimate of drug-likeness (QED) is 0.639. The Kier molecular flexibility index (Phi) is 6.36. The van der Waals surface area contributed by atoms with Gasteiger partial charge in [-0.25, -0.2) is 13.2 Å². The standard InChI is InChI=1S/C20H22ClNO6S/c1-26-14-7-8-15(18(12-14)27-2)17-5-4-10-22(17)29(24,25)19-11-13(20(23)28-3)6-9-16(19)21/h6-9,11-12,17H,4-5,10H2,1-3H3. The van der Waals surface area contributed by atoms with E-state index in [1.807, 2.05) is 6.07 Å². The summed E-state index contributed by atoms with van der Waals surface area (Å²) in [6, 6.07) is 8.96. The van der Waals surface area contributed by atoms with Crippen molar-refractivity contribution in [2.45, 2.75) is 23.8 Å². The summed E-state index contributed by atoms with van der Waals surface area (Å²) in [7, 11) is 0.352. The van der Waals surface area contributed by atoms with Crippen molar-refractivity contribution in [2.75, 3.05) is 27.9 Å². The number of esters is 1. The molecule has 1 aliphatic heterocycles. The van der Waals surface area contributed by atoms with Crippen molar-refractivity contribution >= 4 is 27.6 Å². The lowest BCUT2D eigenvalue weighted by atomic mass is 10.0. The highest BCUT2D eigenvalue weighted by atomic mass is 35.5. The zero-order valence-corrected chi connectivity index (χ0v) is 17.9. The summed E-state index contributed by atoms with van der Waals surface area (Å²) in [5.41, 5.74) is 0.864. The van der Waals surface area contributed by atoms with E-state index in [0.29, 0.717) is 30.9 Å². The van der Waals surface area contributed by atoms with Gasteiger partial charge in [0.05, 0.1) is 38.0 Å². The second-order valence-electron chi connectivity index (χ2n) is 6.52. The molecule has 9 heteroatoms. The molecule has 0 aromatic heterocycles. The summed E-state index contributed by atoms with van der Waals surface area (Å²) in [6.45, 7) is 0.334. The van der Waals surface area contributed by atoms with Crippen molar-refractivity contribution in [1.82, 2.24) is 4.31 Å². The van der Waals surface area contributed by atoms with Crippen LogP contribution in [0.1, 0.15) is 34.8 Å². The van der Waals surface area contributed by atoms with Crippen LogP contribution in [0.4, 0.5) is 0 Å². The average Bonchev–Trinajstić information content (AvgIpc) is 3.23. The minimum Gasteiger partial charge on any atom is -0.497 e. The molecule has 1 aliphatic rings. The first-order chi connectivity index (χ1) is 13.8. The van der Waals surface area contributed by atoms with Gasteiger partial charge in [-0.1, -0.05) is 17.7 Å². The van der Waals surface area contributed by atoms with E-state index in [-0.39, 0.29) is 15.5 Å². The number of rotatable bonds is 6. The van der Waals surface area contributed by atoms with Crippen molar-refractivity contribution in [1.29, 1.82) is 0 Å². The van der Waals surface area contributed by atoms with Gasteiger partial charge in [-0.05, 0) is 37.1 Å². The van der Waals surface area contributed by atoms with E-state index in [4.69, 9.17) is 25.8 Å². The number of hydrogen-bond donors (Lipinski definition) is 0. The van der Waals surface area contributed by atoms with E-state index in [1.54, 1.807) is 19.2 Å². The van der Waals surface area contributed by atoms with Gasteiger partial charge in [0.2, 0.25) is 10.0 Å². The molecular weight excluding hydrogens is 418 g/mol. The van der Waals surface area contributed by atoms with Gasteiger partial charge in [0.25, 0.3) is 0 Å². The maximum absolute atomic E-state index is 13.4. The third-order valence-electron chi connectivity index (χ3n) is 4.94. The predicted octanol–water partition coefficient (Wildman–Crippen LogP) is 3.67. The lowest BCUT2D eigenvalue weighted by Gasteiger charge is -2.26. The Bertz CT molecular complexity index is 1020. The van der Waals surface area contributed by atoms with E-state index >= 15 is 0 Å². The molecule has 2 aromatic rings. The van der Waals surface area contributed by atoms with Gasteiger partial charge in [0, 0.05) is 18.2 Å². The Morgan fingerprint density at radius 1 is 1.10 bits per heavy atom. The number of halogens is 1. The number of nitrogens with zero attached hydrogens (tertiary/aromatic N) is 1. The summed E-state index contributed by atoms with van der Waals surface area (Å²) in [4.78, 5) is 11.7. The Morgan fingerprint density at radius 3 is 2.52 bits per heavy atom. The fraction of sp³-hybridized carbons (Fsp3) is 0.350. The van der Waals surface area contributed by atoms with Gasteiger partial charge >= 0.3 is 5.97 Å². The van der Waals surface area contributed by atoms with Crippen molar-refractivity contribution < 1.29 is 27.4 Å². The van der Waals surface area contributed by atoms with E-state index < -0.39 is 22.0 Å². The minimum atomic E-state index is -3.96. The van der Waals surface area contributed by atoms with Crippen LogP contribution in [0, 0.1) is 0 Å². The second-order valence-corrected chi connectivity index (χ2v) is 8.78. The highest BCUT2D eigenvalue weighted by Crippen LogP contribution is 2.42. The number of carbonyl (C=O) groups excluding carboxylic acids is 1. The Morgan fingerprint density at radius 2 is 1.86 bits per heavy atom. The van der Waals surface area contributed by atoms with Gasteiger partial charge in [0.1, 0.15) is 16.4 Å². The molecule has 1 atom stereocenters. The summed E-state index contributed by atoms with van der Waals surface area (Å²) < 4.78 is 43.7. The molecule has 156 valence electrons.